The van der Waals surface area contributed by atoms with E-state index in [1.165, 1.54) is 25.7 Å². The molecule has 1 aliphatic rings. The molecule has 2 heteroatoms. The van der Waals surface area contributed by atoms with Crippen LogP contribution in [0.25, 0.3) is 0 Å². The molecule has 0 bridgehead atoms. The number of piperidine rings is 1. The van der Waals surface area contributed by atoms with E-state index in [2.05, 4.69) is 17.9 Å². The number of likely N-dealkylation sites (tertiary alicyclic amines) is 1. The number of nitrogens with zero attached hydrogens (tertiary/aromatic N) is 2. The molecule has 0 aromatic carbocycles. The summed E-state index contributed by atoms with van der Waals surface area (Å²) in [7, 11) is 0. The lowest BCUT2D eigenvalue weighted by atomic mass is 10.0. The topological polar surface area (TPSA) is 27.0 Å². The van der Waals surface area contributed by atoms with Crippen molar-refractivity contribution >= 4 is 0 Å². The van der Waals surface area contributed by atoms with E-state index in [9.17, 15) is 0 Å². The molecule has 1 rings (SSSR count). The van der Waals surface area contributed by atoms with E-state index in [1.807, 2.05) is 0 Å². The fourth-order valence-corrected chi connectivity index (χ4v) is 1.82. The lowest BCUT2D eigenvalue weighted by Gasteiger charge is -2.33. The highest BCUT2D eigenvalue weighted by atomic mass is 15.2. The van der Waals surface area contributed by atoms with Crippen molar-refractivity contribution in [1.29, 1.82) is 5.26 Å². The molecule has 1 saturated heterocycles. The molecule has 0 N–H and O–H groups in total. The van der Waals surface area contributed by atoms with Crippen molar-refractivity contribution in [1.82, 2.24) is 4.90 Å². The average Bonchev–Trinajstić information content (AvgIpc) is 2.06. The Labute approximate surface area is 68.8 Å². The summed E-state index contributed by atoms with van der Waals surface area (Å²) in [6.07, 6.45) is 5.11. The van der Waals surface area contributed by atoms with Crippen LogP contribution in [0.2, 0.25) is 0 Å². The summed E-state index contributed by atoms with van der Waals surface area (Å²) in [6, 6.07) is 2.91. The second kappa shape index (κ2) is 4.35. The number of rotatable bonds is 2. The van der Waals surface area contributed by atoms with Crippen LogP contribution >= 0.6 is 0 Å². The lowest BCUT2D eigenvalue weighted by Crippen LogP contribution is -2.39. The SMILES string of the molecule is CC[C@@H]1CCCCN1CC#N. The first-order valence-electron chi connectivity index (χ1n) is 4.49. The molecule has 1 fully saturated rings. The molecule has 11 heavy (non-hydrogen) atoms. The van der Waals surface area contributed by atoms with Gasteiger partial charge >= 0.3 is 0 Å². The molecule has 2 nitrogen and oxygen atoms in total. The second-order valence-corrected chi connectivity index (χ2v) is 3.19. The van der Waals surface area contributed by atoms with E-state index < -0.39 is 0 Å². The van der Waals surface area contributed by atoms with Crippen LogP contribution in [-0.2, 0) is 0 Å². The fourth-order valence-electron chi connectivity index (χ4n) is 1.82. The first-order valence-corrected chi connectivity index (χ1v) is 4.49. The normalized spacial score (nSPS) is 26.4. The van der Waals surface area contributed by atoms with Crippen molar-refractivity contribution in [3.05, 3.63) is 0 Å². The molecule has 0 spiro atoms. The van der Waals surface area contributed by atoms with Crippen LogP contribution in [0, 0.1) is 11.3 Å². The van der Waals surface area contributed by atoms with Gasteiger partial charge in [-0.15, -0.1) is 0 Å². The molecule has 1 aliphatic heterocycles. The largest absolute Gasteiger partial charge is 0.288 e. The highest BCUT2D eigenvalue weighted by molar-refractivity contribution is 4.83. The van der Waals surface area contributed by atoms with E-state index in [0.29, 0.717) is 12.6 Å². The van der Waals surface area contributed by atoms with Gasteiger partial charge in [0.05, 0.1) is 12.6 Å². The van der Waals surface area contributed by atoms with Crippen molar-refractivity contribution in [3.63, 3.8) is 0 Å². The van der Waals surface area contributed by atoms with Gasteiger partial charge in [0, 0.05) is 6.04 Å². The molecule has 0 aromatic rings. The fraction of sp³-hybridized carbons (Fsp3) is 0.889. The maximum Gasteiger partial charge on any atom is 0.0868 e. The van der Waals surface area contributed by atoms with Crippen LogP contribution in [0.1, 0.15) is 32.6 Å². The summed E-state index contributed by atoms with van der Waals surface area (Å²) in [5.41, 5.74) is 0. The van der Waals surface area contributed by atoms with E-state index in [4.69, 9.17) is 5.26 Å². The molecular weight excluding hydrogens is 136 g/mol. The summed E-state index contributed by atoms with van der Waals surface area (Å²) >= 11 is 0. The number of nitriles is 1. The quantitative estimate of drug-likeness (QED) is 0.564. The number of hydrogen-bond donors (Lipinski definition) is 0. The molecule has 0 amide bonds. The van der Waals surface area contributed by atoms with Crippen LogP contribution in [0.4, 0.5) is 0 Å². The Kier molecular flexibility index (Phi) is 3.38. The lowest BCUT2D eigenvalue weighted by molar-refractivity contribution is 0.163. The molecule has 0 aromatic heterocycles. The van der Waals surface area contributed by atoms with Gasteiger partial charge in [-0.3, -0.25) is 4.90 Å². The van der Waals surface area contributed by atoms with Gasteiger partial charge in [-0.1, -0.05) is 13.3 Å². The Balaban J connectivity index is 2.39. The van der Waals surface area contributed by atoms with Gasteiger partial charge in [-0.2, -0.15) is 5.26 Å². The molecule has 1 atom stereocenters. The summed E-state index contributed by atoms with van der Waals surface area (Å²) in [6.45, 7) is 3.96. The minimum atomic E-state index is 0.624. The molecule has 1 heterocycles. The third-order valence-electron chi connectivity index (χ3n) is 2.49. The third kappa shape index (κ3) is 2.20. The Morgan fingerprint density at radius 1 is 1.55 bits per heavy atom. The van der Waals surface area contributed by atoms with Crippen molar-refractivity contribution < 1.29 is 0 Å². The minimum Gasteiger partial charge on any atom is -0.288 e. The van der Waals surface area contributed by atoms with Crippen LogP contribution in [0.3, 0.4) is 0 Å². The average molecular weight is 152 g/mol. The van der Waals surface area contributed by atoms with E-state index in [-0.39, 0.29) is 0 Å². The Morgan fingerprint density at radius 3 is 3.00 bits per heavy atom. The van der Waals surface area contributed by atoms with Gasteiger partial charge in [0.25, 0.3) is 0 Å². The Morgan fingerprint density at radius 2 is 2.36 bits per heavy atom. The standard InChI is InChI=1S/C9H16N2/c1-2-9-5-3-4-7-11(9)8-6-10/h9H,2-5,7-8H2,1H3/t9-/m1/s1. The zero-order valence-corrected chi connectivity index (χ0v) is 7.21. The third-order valence-corrected chi connectivity index (χ3v) is 2.49. The summed E-state index contributed by atoms with van der Waals surface area (Å²) in [5.74, 6) is 0. The van der Waals surface area contributed by atoms with Crippen molar-refractivity contribution in [2.75, 3.05) is 13.1 Å². The molecule has 0 aliphatic carbocycles. The summed E-state index contributed by atoms with van der Waals surface area (Å²) < 4.78 is 0. The highest BCUT2D eigenvalue weighted by Gasteiger charge is 2.19. The molecule has 0 saturated carbocycles. The highest BCUT2D eigenvalue weighted by Crippen LogP contribution is 2.18. The smallest absolute Gasteiger partial charge is 0.0868 e. The van der Waals surface area contributed by atoms with Crippen LogP contribution in [-0.4, -0.2) is 24.0 Å². The van der Waals surface area contributed by atoms with Gasteiger partial charge in [-0.25, -0.2) is 0 Å². The molecule has 0 unspecified atom stereocenters. The van der Waals surface area contributed by atoms with Gasteiger partial charge in [0.15, 0.2) is 0 Å². The predicted molar refractivity (Wildman–Crippen MR) is 45.1 cm³/mol. The molecule has 62 valence electrons. The van der Waals surface area contributed by atoms with Crippen molar-refractivity contribution in [2.45, 2.75) is 38.6 Å². The maximum absolute atomic E-state index is 8.54. The Bertz CT molecular complexity index is 148. The minimum absolute atomic E-state index is 0.624. The van der Waals surface area contributed by atoms with Gasteiger partial charge in [-0.05, 0) is 25.8 Å². The van der Waals surface area contributed by atoms with E-state index in [1.54, 1.807) is 0 Å². The van der Waals surface area contributed by atoms with E-state index >= 15 is 0 Å². The molecule has 0 radical (unpaired) electrons. The maximum atomic E-state index is 8.54. The first kappa shape index (κ1) is 8.55. The summed E-state index contributed by atoms with van der Waals surface area (Å²) in [4.78, 5) is 2.31. The Hall–Kier alpha value is -0.550. The summed E-state index contributed by atoms with van der Waals surface area (Å²) in [5, 5.41) is 8.54. The van der Waals surface area contributed by atoms with E-state index in [0.717, 1.165) is 6.54 Å². The van der Waals surface area contributed by atoms with Crippen LogP contribution < -0.4 is 0 Å². The van der Waals surface area contributed by atoms with Gasteiger partial charge in [0.1, 0.15) is 0 Å². The molecular formula is C9H16N2. The first-order chi connectivity index (χ1) is 5.38. The van der Waals surface area contributed by atoms with Gasteiger partial charge in [0.2, 0.25) is 0 Å². The van der Waals surface area contributed by atoms with Gasteiger partial charge < -0.3 is 0 Å². The van der Waals surface area contributed by atoms with Crippen molar-refractivity contribution in [3.8, 4) is 6.07 Å². The number of hydrogen-bond acceptors (Lipinski definition) is 2. The van der Waals surface area contributed by atoms with Crippen molar-refractivity contribution in [2.24, 2.45) is 0 Å². The predicted octanol–water partition coefficient (Wildman–Crippen LogP) is 1.77. The van der Waals surface area contributed by atoms with Crippen LogP contribution in [0.15, 0.2) is 0 Å². The monoisotopic (exact) mass is 152 g/mol. The second-order valence-electron chi connectivity index (χ2n) is 3.19. The van der Waals surface area contributed by atoms with Crippen LogP contribution in [0.5, 0.6) is 0 Å². The zero-order valence-electron chi connectivity index (χ0n) is 7.21. The zero-order chi connectivity index (χ0) is 8.10.